The zero-order valence-corrected chi connectivity index (χ0v) is 21.2. The summed E-state index contributed by atoms with van der Waals surface area (Å²) in [5.74, 6) is -0.425. The van der Waals surface area contributed by atoms with Crippen molar-refractivity contribution in [1.29, 1.82) is 0 Å². The molecule has 3 N–H and O–H groups in total. The van der Waals surface area contributed by atoms with Crippen LogP contribution in [0.2, 0.25) is 0 Å². The Bertz CT molecular complexity index is 935. The third kappa shape index (κ3) is 9.35. The second-order valence-electron chi connectivity index (χ2n) is 9.36. The van der Waals surface area contributed by atoms with Crippen molar-refractivity contribution in [2.24, 2.45) is 0 Å². The summed E-state index contributed by atoms with van der Waals surface area (Å²) in [5.41, 5.74) is 4.34. The molecule has 196 valence electrons. The smallest absolute Gasteiger partial charge is 0.243 e. The number of hydroxylamine groups is 1. The van der Waals surface area contributed by atoms with Crippen molar-refractivity contribution in [3.63, 3.8) is 0 Å². The fraction of sp³-hybridized carbons (Fsp3) is 0.500. The Morgan fingerprint density at radius 3 is 2.22 bits per heavy atom. The highest BCUT2D eigenvalue weighted by Crippen LogP contribution is 2.38. The molecule has 0 saturated carbocycles. The molecule has 0 radical (unpaired) electrons. The number of amides is 2. The predicted molar refractivity (Wildman–Crippen MR) is 136 cm³/mol. The van der Waals surface area contributed by atoms with Crippen LogP contribution < -0.4 is 10.8 Å². The minimum Gasteiger partial charge on any atom is -0.376 e. The van der Waals surface area contributed by atoms with Crippen LogP contribution in [0.5, 0.6) is 0 Å². The molecule has 0 bridgehead atoms. The molecular formula is C28H38N2O6. The van der Waals surface area contributed by atoms with Gasteiger partial charge in [0.25, 0.3) is 0 Å². The number of carbonyl (C=O) groups is 2. The van der Waals surface area contributed by atoms with Gasteiger partial charge in [0.1, 0.15) is 0 Å². The lowest BCUT2D eigenvalue weighted by molar-refractivity contribution is -0.260. The maximum Gasteiger partial charge on any atom is 0.243 e. The minimum absolute atomic E-state index is 0.0453. The van der Waals surface area contributed by atoms with Gasteiger partial charge in [-0.2, -0.15) is 0 Å². The van der Waals surface area contributed by atoms with E-state index in [2.05, 4.69) is 17.4 Å². The van der Waals surface area contributed by atoms with Crippen LogP contribution in [0.15, 0.2) is 54.6 Å². The monoisotopic (exact) mass is 498 g/mol. The van der Waals surface area contributed by atoms with Crippen LogP contribution in [-0.2, 0) is 23.8 Å². The van der Waals surface area contributed by atoms with E-state index in [1.165, 1.54) is 0 Å². The highest BCUT2D eigenvalue weighted by molar-refractivity contribution is 5.90. The van der Waals surface area contributed by atoms with E-state index in [0.717, 1.165) is 42.5 Å². The maximum atomic E-state index is 12.3. The Morgan fingerprint density at radius 1 is 0.917 bits per heavy atom. The van der Waals surface area contributed by atoms with E-state index in [0.29, 0.717) is 25.9 Å². The lowest BCUT2D eigenvalue weighted by Gasteiger charge is -2.36. The third-order valence-corrected chi connectivity index (χ3v) is 6.02. The van der Waals surface area contributed by atoms with Crippen molar-refractivity contribution in [2.45, 2.75) is 83.4 Å². The number of anilines is 1. The molecule has 0 aromatic heterocycles. The van der Waals surface area contributed by atoms with Gasteiger partial charge in [-0.3, -0.25) is 14.8 Å². The van der Waals surface area contributed by atoms with Crippen LogP contribution in [0.1, 0.15) is 82.3 Å². The van der Waals surface area contributed by atoms with Gasteiger partial charge in [0, 0.05) is 30.5 Å². The van der Waals surface area contributed by atoms with Crippen LogP contribution in [0.3, 0.4) is 0 Å². The summed E-state index contributed by atoms with van der Waals surface area (Å²) in [4.78, 5) is 23.3. The third-order valence-electron chi connectivity index (χ3n) is 6.02. The van der Waals surface area contributed by atoms with Crippen LogP contribution in [0.25, 0.3) is 0 Å². The SMILES string of the molecule is CC(C)OCC1CC(c2ccccc2)OC(c2ccc(NC(=O)CCCCCCC(=O)NO)cc2)O1. The molecule has 1 fully saturated rings. The Kier molecular flexibility index (Phi) is 11.4. The molecule has 2 aromatic rings. The molecule has 3 atom stereocenters. The van der Waals surface area contributed by atoms with E-state index in [1.807, 2.05) is 56.3 Å². The Hall–Kier alpha value is -2.78. The quantitative estimate of drug-likeness (QED) is 0.193. The van der Waals surface area contributed by atoms with E-state index in [1.54, 1.807) is 5.48 Å². The Morgan fingerprint density at radius 2 is 1.58 bits per heavy atom. The molecule has 2 aromatic carbocycles. The highest BCUT2D eigenvalue weighted by atomic mass is 16.7. The predicted octanol–water partition coefficient (Wildman–Crippen LogP) is 5.44. The molecule has 3 rings (SSSR count). The molecular weight excluding hydrogens is 460 g/mol. The average Bonchev–Trinajstić information content (AvgIpc) is 2.90. The fourth-order valence-corrected chi connectivity index (χ4v) is 4.08. The largest absolute Gasteiger partial charge is 0.376 e. The van der Waals surface area contributed by atoms with Gasteiger partial charge in [-0.05, 0) is 44.4 Å². The van der Waals surface area contributed by atoms with Crippen molar-refractivity contribution in [3.05, 3.63) is 65.7 Å². The van der Waals surface area contributed by atoms with Gasteiger partial charge >= 0.3 is 0 Å². The first-order chi connectivity index (χ1) is 17.4. The second-order valence-corrected chi connectivity index (χ2v) is 9.36. The zero-order valence-electron chi connectivity index (χ0n) is 21.2. The van der Waals surface area contributed by atoms with Crippen molar-refractivity contribution in [3.8, 4) is 0 Å². The second kappa shape index (κ2) is 14.7. The van der Waals surface area contributed by atoms with E-state index in [-0.39, 0.29) is 30.1 Å². The van der Waals surface area contributed by atoms with Gasteiger partial charge in [0.2, 0.25) is 11.8 Å². The summed E-state index contributed by atoms with van der Waals surface area (Å²) in [6.07, 6.45) is 3.97. The summed E-state index contributed by atoms with van der Waals surface area (Å²) >= 11 is 0. The molecule has 1 aliphatic rings. The number of unbranched alkanes of at least 4 members (excludes halogenated alkanes) is 3. The molecule has 3 unspecified atom stereocenters. The fourth-order valence-electron chi connectivity index (χ4n) is 4.08. The van der Waals surface area contributed by atoms with Gasteiger partial charge in [-0.1, -0.05) is 55.3 Å². The topological polar surface area (TPSA) is 106 Å². The highest BCUT2D eigenvalue weighted by Gasteiger charge is 2.32. The number of nitrogens with one attached hydrogen (secondary N) is 2. The molecule has 8 nitrogen and oxygen atoms in total. The number of rotatable bonds is 13. The van der Waals surface area contributed by atoms with Gasteiger partial charge in [0.05, 0.1) is 24.9 Å². The normalized spacial score (nSPS) is 19.7. The van der Waals surface area contributed by atoms with Crippen LogP contribution in [0, 0.1) is 0 Å². The molecule has 1 saturated heterocycles. The van der Waals surface area contributed by atoms with Gasteiger partial charge in [0.15, 0.2) is 6.29 Å². The van der Waals surface area contributed by atoms with E-state index < -0.39 is 6.29 Å². The van der Waals surface area contributed by atoms with Crippen molar-refractivity contribution in [2.75, 3.05) is 11.9 Å². The molecule has 0 spiro atoms. The van der Waals surface area contributed by atoms with Crippen molar-refractivity contribution < 1.29 is 29.0 Å². The number of hydrogen-bond donors (Lipinski definition) is 3. The summed E-state index contributed by atoms with van der Waals surface area (Å²) in [7, 11) is 0. The lowest BCUT2D eigenvalue weighted by Crippen LogP contribution is -2.33. The first kappa shape index (κ1) is 27.8. The average molecular weight is 499 g/mol. The number of carbonyl (C=O) groups excluding carboxylic acids is 2. The van der Waals surface area contributed by atoms with Gasteiger partial charge < -0.3 is 19.5 Å². The van der Waals surface area contributed by atoms with Gasteiger partial charge in [-0.25, -0.2) is 5.48 Å². The molecule has 8 heteroatoms. The molecule has 0 aliphatic carbocycles. The zero-order chi connectivity index (χ0) is 25.8. The Balaban J connectivity index is 1.51. The molecule has 36 heavy (non-hydrogen) atoms. The van der Waals surface area contributed by atoms with E-state index in [4.69, 9.17) is 19.4 Å². The maximum absolute atomic E-state index is 12.3. The van der Waals surface area contributed by atoms with Gasteiger partial charge in [-0.15, -0.1) is 0 Å². The van der Waals surface area contributed by atoms with Crippen LogP contribution >= 0.6 is 0 Å². The van der Waals surface area contributed by atoms with Crippen LogP contribution in [-0.4, -0.2) is 35.8 Å². The van der Waals surface area contributed by atoms with E-state index in [9.17, 15) is 9.59 Å². The Labute approximate surface area is 213 Å². The lowest BCUT2D eigenvalue weighted by atomic mass is 10.0. The number of hydrogen-bond acceptors (Lipinski definition) is 6. The standard InChI is InChI=1S/C28H38N2O6/c1-20(2)34-19-24-18-25(21-10-6-5-7-11-21)36-28(35-24)22-14-16-23(17-15-22)29-26(31)12-8-3-4-9-13-27(32)30-33/h5-7,10-11,14-17,20,24-25,28,33H,3-4,8-9,12-13,18-19H2,1-2H3,(H,29,31)(H,30,32). The molecule has 1 aliphatic heterocycles. The summed E-state index contributed by atoms with van der Waals surface area (Å²) in [6, 6.07) is 17.7. The van der Waals surface area contributed by atoms with E-state index >= 15 is 0 Å². The minimum atomic E-state index is -0.526. The number of ether oxygens (including phenoxy) is 3. The number of benzene rings is 2. The summed E-state index contributed by atoms with van der Waals surface area (Å²) in [5, 5.41) is 11.4. The van der Waals surface area contributed by atoms with Crippen molar-refractivity contribution >= 4 is 17.5 Å². The first-order valence-corrected chi connectivity index (χ1v) is 12.7. The summed E-state index contributed by atoms with van der Waals surface area (Å²) in [6.45, 7) is 4.53. The molecule has 1 heterocycles. The van der Waals surface area contributed by atoms with Crippen molar-refractivity contribution in [1.82, 2.24) is 5.48 Å². The molecule has 2 amide bonds. The first-order valence-electron chi connectivity index (χ1n) is 12.7. The van der Waals surface area contributed by atoms with Crippen LogP contribution in [0.4, 0.5) is 5.69 Å². The summed E-state index contributed by atoms with van der Waals surface area (Å²) < 4.78 is 18.4.